The summed E-state index contributed by atoms with van der Waals surface area (Å²) in [6, 6.07) is 88.8. The molecule has 1 aromatic heterocycles. The smallest absolute Gasteiger partial charge is 0.143 e. The molecule has 11 aromatic rings. The average molecular weight is 792 g/mol. The predicted octanol–water partition coefficient (Wildman–Crippen LogP) is 17.1. The molecule has 0 spiro atoms. The summed E-state index contributed by atoms with van der Waals surface area (Å²) in [5.41, 5.74) is 18.9. The van der Waals surface area contributed by atoms with Gasteiger partial charge < -0.3 is 9.32 Å². The van der Waals surface area contributed by atoms with Gasteiger partial charge in [-0.25, -0.2) is 0 Å². The Kier molecular flexibility index (Phi) is 9.57. The van der Waals surface area contributed by atoms with Crippen LogP contribution in [0.15, 0.2) is 253 Å². The quantitative estimate of drug-likeness (QED) is 0.145. The van der Waals surface area contributed by atoms with E-state index in [-0.39, 0.29) is 0 Å². The predicted molar refractivity (Wildman–Crippen MR) is 261 cm³/mol. The largest absolute Gasteiger partial charge is 0.455 e. The summed E-state index contributed by atoms with van der Waals surface area (Å²) in [5.74, 6) is 0. The van der Waals surface area contributed by atoms with Crippen LogP contribution in [0.5, 0.6) is 0 Å². The maximum absolute atomic E-state index is 6.86. The molecule has 0 fully saturated rings. The molecule has 0 aliphatic rings. The fourth-order valence-electron chi connectivity index (χ4n) is 8.84. The monoisotopic (exact) mass is 791 g/mol. The van der Waals surface area contributed by atoms with E-state index in [0.29, 0.717) is 0 Å². The highest BCUT2D eigenvalue weighted by Crippen LogP contribution is 2.43. The summed E-state index contributed by atoms with van der Waals surface area (Å²) >= 11 is 0. The van der Waals surface area contributed by atoms with Crippen LogP contribution >= 0.6 is 0 Å². The van der Waals surface area contributed by atoms with Crippen molar-refractivity contribution >= 4 is 39.0 Å². The van der Waals surface area contributed by atoms with E-state index in [9.17, 15) is 0 Å². The van der Waals surface area contributed by atoms with Gasteiger partial charge in [-0.2, -0.15) is 0 Å². The highest BCUT2D eigenvalue weighted by Gasteiger charge is 2.19. The molecule has 0 saturated heterocycles. The first kappa shape index (κ1) is 36.8. The lowest BCUT2D eigenvalue weighted by Crippen LogP contribution is -2.10. The van der Waals surface area contributed by atoms with E-state index in [1.165, 1.54) is 38.9 Å². The minimum Gasteiger partial charge on any atom is -0.455 e. The van der Waals surface area contributed by atoms with Gasteiger partial charge in [0.1, 0.15) is 11.2 Å². The molecule has 0 aliphatic heterocycles. The molecule has 2 nitrogen and oxygen atoms in total. The van der Waals surface area contributed by atoms with Gasteiger partial charge >= 0.3 is 0 Å². The maximum Gasteiger partial charge on any atom is 0.143 e. The van der Waals surface area contributed by atoms with Crippen LogP contribution < -0.4 is 4.90 Å². The van der Waals surface area contributed by atoms with Crippen molar-refractivity contribution in [2.75, 3.05) is 4.90 Å². The Morgan fingerprint density at radius 1 is 0.226 bits per heavy atom. The average Bonchev–Trinajstić information content (AvgIpc) is 3.75. The van der Waals surface area contributed by atoms with Crippen molar-refractivity contribution in [3.63, 3.8) is 0 Å². The molecule has 0 aliphatic carbocycles. The molecule has 292 valence electrons. The van der Waals surface area contributed by atoms with Crippen molar-refractivity contribution in [3.8, 4) is 66.8 Å². The molecule has 1 heterocycles. The Bertz CT molecular complexity index is 3300. The Balaban J connectivity index is 1.01. The summed E-state index contributed by atoms with van der Waals surface area (Å²) in [4.78, 5) is 2.35. The molecule has 2 heteroatoms. The Hall–Kier alpha value is -8.20. The van der Waals surface area contributed by atoms with Crippen molar-refractivity contribution in [2.45, 2.75) is 0 Å². The second-order valence-electron chi connectivity index (χ2n) is 15.7. The van der Waals surface area contributed by atoms with Crippen LogP contribution in [0.1, 0.15) is 0 Å². The standard InChI is InChI=1S/C60H41NO/c1-5-16-42(17-6-1)43-30-35-50(36-31-43)61(51-37-32-44(33-38-51)48-34-39-53(45-18-7-2-8-19-45)58(41-48)47-22-11-4-12-23-47)52-25-13-24-49(40-52)55-27-15-29-57-56-28-14-26-54(59(56)62-60(55)57)46-20-9-3-10-21-46/h1-41H. The van der Waals surface area contributed by atoms with E-state index < -0.39 is 0 Å². The van der Waals surface area contributed by atoms with Crippen molar-refractivity contribution < 1.29 is 4.42 Å². The van der Waals surface area contributed by atoms with Crippen LogP contribution in [0.25, 0.3) is 88.7 Å². The van der Waals surface area contributed by atoms with Gasteiger partial charge in [0.2, 0.25) is 0 Å². The molecular weight excluding hydrogens is 751 g/mol. The molecule has 0 N–H and O–H groups in total. The van der Waals surface area contributed by atoms with Crippen LogP contribution in [0.3, 0.4) is 0 Å². The fraction of sp³-hybridized carbons (Fsp3) is 0. The first-order valence-corrected chi connectivity index (χ1v) is 21.2. The summed E-state index contributed by atoms with van der Waals surface area (Å²) < 4.78 is 6.86. The van der Waals surface area contributed by atoms with Gasteiger partial charge in [-0.3, -0.25) is 0 Å². The molecule has 0 unspecified atom stereocenters. The van der Waals surface area contributed by atoms with Gasteiger partial charge in [0.15, 0.2) is 0 Å². The summed E-state index contributed by atoms with van der Waals surface area (Å²) in [7, 11) is 0. The zero-order chi connectivity index (χ0) is 41.2. The van der Waals surface area contributed by atoms with Crippen molar-refractivity contribution in [1.82, 2.24) is 0 Å². The van der Waals surface area contributed by atoms with Gasteiger partial charge in [0.25, 0.3) is 0 Å². The van der Waals surface area contributed by atoms with E-state index >= 15 is 0 Å². The van der Waals surface area contributed by atoms with Gasteiger partial charge in [-0.05, 0) is 98.1 Å². The minimum absolute atomic E-state index is 0.888. The Morgan fingerprint density at radius 2 is 0.629 bits per heavy atom. The van der Waals surface area contributed by atoms with E-state index in [4.69, 9.17) is 4.42 Å². The lowest BCUT2D eigenvalue weighted by Gasteiger charge is -2.26. The zero-order valence-corrected chi connectivity index (χ0v) is 34.0. The molecule has 0 radical (unpaired) electrons. The third-order valence-electron chi connectivity index (χ3n) is 11.9. The van der Waals surface area contributed by atoms with E-state index in [0.717, 1.165) is 66.8 Å². The SMILES string of the molecule is c1ccc(-c2ccc(N(c3ccc(-c4ccc(-c5ccccc5)c(-c5ccccc5)c4)cc3)c3cccc(-c4cccc5c4oc4c(-c6ccccc6)cccc45)c3)cc2)cc1. The molecular formula is C60H41NO. The van der Waals surface area contributed by atoms with Crippen LogP contribution in [0.2, 0.25) is 0 Å². The minimum atomic E-state index is 0.888. The summed E-state index contributed by atoms with van der Waals surface area (Å²) in [6.45, 7) is 0. The van der Waals surface area contributed by atoms with E-state index in [1.54, 1.807) is 0 Å². The number of fused-ring (bicyclic) bond motifs is 3. The molecule has 0 bridgehead atoms. The zero-order valence-electron chi connectivity index (χ0n) is 34.0. The number of rotatable bonds is 9. The second-order valence-corrected chi connectivity index (χ2v) is 15.7. The number of furan rings is 1. The van der Waals surface area contributed by atoms with Crippen molar-refractivity contribution in [1.29, 1.82) is 0 Å². The number of anilines is 3. The number of hydrogen-bond donors (Lipinski definition) is 0. The molecule has 62 heavy (non-hydrogen) atoms. The van der Waals surface area contributed by atoms with Crippen LogP contribution in [-0.2, 0) is 0 Å². The normalized spacial score (nSPS) is 11.2. The lowest BCUT2D eigenvalue weighted by molar-refractivity contribution is 0.671. The Labute approximate surface area is 362 Å². The summed E-state index contributed by atoms with van der Waals surface area (Å²) in [6.07, 6.45) is 0. The first-order valence-electron chi connectivity index (χ1n) is 21.2. The molecule has 0 amide bonds. The lowest BCUT2D eigenvalue weighted by atomic mass is 9.91. The fourth-order valence-corrected chi connectivity index (χ4v) is 8.84. The topological polar surface area (TPSA) is 16.4 Å². The Morgan fingerprint density at radius 3 is 1.18 bits per heavy atom. The maximum atomic E-state index is 6.86. The molecule has 11 rings (SSSR count). The van der Waals surface area contributed by atoms with E-state index in [2.05, 4.69) is 254 Å². The number of benzene rings is 10. The third kappa shape index (κ3) is 6.94. The first-order chi connectivity index (χ1) is 30.7. The molecule has 10 aromatic carbocycles. The highest BCUT2D eigenvalue weighted by atomic mass is 16.3. The number of para-hydroxylation sites is 2. The van der Waals surface area contributed by atoms with Crippen LogP contribution in [0.4, 0.5) is 17.1 Å². The molecule has 0 saturated carbocycles. The second kappa shape index (κ2) is 16.1. The highest BCUT2D eigenvalue weighted by molar-refractivity contribution is 6.13. The van der Waals surface area contributed by atoms with E-state index in [1.807, 2.05) is 0 Å². The van der Waals surface area contributed by atoms with Gasteiger partial charge in [-0.15, -0.1) is 0 Å². The van der Waals surface area contributed by atoms with Crippen LogP contribution in [-0.4, -0.2) is 0 Å². The number of hydrogen-bond acceptors (Lipinski definition) is 2. The van der Waals surface area contributed by atoms with Crippen LogP contribution in [0, 0.1) is 0 Å². The van der Waals surface area contributed by atoms with Gasteiger partial charge in [0.05, 0.1) is 0 Å². The van der Waals surface area contributed by atoms with Crippen molar-refractivity contribution in [2.24, 2.45) is 0 Å². The van der Waals surface area contributed by atoms with Gasteiger partial charge in [0, 0.05) is 39.0 Å². The number of nitrogens with zero attached hydrogens (tertiary/aromatic N) is 1. The van der Waals surface area contributed by atoms with Crippen molar-refractivity contribution in [3.05, 3.63) is 249 Å². The summed E-state index contributed by atoms with van der Waals surface area (Å²) in [5, 5.41) is 2.22. The molecule has 0 atom stereocenters. The third-order valence-corrected chi connectivity index (χ3v) is 11.9. The van der Waals surface area contributed by atoms with Gasteiger partial charge in [-0.1, -0.05) is 206 Å².